The van der Waals surface area contributed by atoms with Gasteiger partial charge in [0.2, 0.25) is 0 Å². The van der Waals surface area contributed by atoms with Crippen molar-refractivity contribution in [3.63, 3.8) is 0 Å². The average Bonchev–Trinajstić information content (AvgIpc) is 2.46. The zero-order chi connectivity index (χ0) is 9.42. The van der Waals surface area contributed by atoms with E-state index in [-0.39, 0.29) is 0 Å². The number of halogens is 1. The number of hydrogen-bond donors (Lipinski definition) is 2. The van der Waals surface area contributed by atoms with E-state index in [4.69, 9.17) is 5.11 Å². The Morgan fingerprint density at radius 3 is 3.08 bits per heavy atom. The number of carboxylic acid groups (broad SMARTS) is 1. The van der Waals surface area contributed by atoms with E-state index in [1.54, 1.807) is 0 Å². The van der Waals surface area contributed by atoms with Crippen LogP contribution in [0.1, 0.15) is 5.56 Å². The number of nitrogens with one attached hydrogen (secondary N) is 1. The van der Waals surface area contributed by atoms with Gasteiger partial charge in [-0.25, -0.2) is 4.79 Å². The molecule has 2 N–H and O–H groups in total. The summed E-state index contributed by atoms with van der Waals surface area (Å²) < 4.78 is 0.963. The average molecular weight is 242 g/mol. The number of carbonyl (C=O) groups is 1. The molecule has 0 spiro atoms. The van der Waals surface area contributed by atoms with Gasteiger partial charge in [0.25, 0.3) is 0 Å². The van der Waals surface area contributed by atoms with Gasteiger partial charge >= 0.3 is 5.97 Å². The maximum Gasteiger partial charge on any atom is 0.326 e. The zero-order valence-corrected chi connectivity index (χ0v) is 8.34. The van der Waals surface area contributed by atoms with E-state index in [9.17, 15) is 4.79 Å². The normalized spacial score (nSPS) is 19.3. The highest BCUT2D eigenvalue weighted by molar-refractivity contribution is 9.10. The van der Waals surface area contributed by atoms with Crippen LogP contribution in [-0.4, -0.2) is 17.1 Å². The molecule has 1 unspecified atom stereocenters. The molecule has 0 amide bonds. The lowest BCUT2D eigenvalue weighted by molar-refractivity contribution is -0.137. The molecular weight excluding hydrogens is 234 g/mol. The molecule has 1 heterocycles. The molecule has 1 atom stereocenters. The summed E-state index contributed by atoms with van der Waals surface area (Å²) in [5, 5.41) is 11.7. The van der Waals surface area contributed by atoms with E-state index in [1.807, 2.05) is 18.2 Å². The van der Waals surface area contributed by atoms with E-state index in [0.717, 1.165) is 15.7 Å². The number of anilines is 1. The summed E-state index contributed by atoms with van der Waals surface area (Å²) in [5.41, 5.74) is 1.98. The van der Waals surface area contributed by atoms with Crippen LogP contribution in [0, 0.1) is 0 Å². The van der Waals surface area contributed by atoms with Crippen molar-refractivity contribution in [1.82, 2.24) is 0 Å². The molecule has 0 saturated carbocycles. The molecule has 1 aliphatic heterocycles. The first kappa shape index (κ1) is 8.56. The van der Waals surface area contributed by atoms with Gasteiger partial charge in [0.15, 0.2) is 0 Å². The number of rotatable bonds is 1. The van der Waals surface area contributed by atoms with Crippen molar-refractivity contribution in [2.75, 3.05) is 5.32 Å². The number of aliphatic carboxylic acids is 1. The van der Waals surface area contributed by atoms with Crippen molar-refractivity contribution in [1.29, 1.82) is 0 Å². The van der Waals surface area contributed by atoms with E-state index in [1.165, 1.54) is 0 Å². The quantitative estimate of drug-likeness (QED) is 0.790. The highest BCUT2D eigenvalue weighted by Crippen LogP contribution is 2.28. The SMILES string of the molecule is O=C(O)C1Cc2ccc(Br)cc2N1. The summed E-state index contributed by atoms with van der Waals surface area (Å²) in [7, 11) is 0. The van der Waals surface area contributed by atoms with Crippen LogP contribution in [0.5, 0.6) is 0 Å². The van der Waals surface area contributed by atoms with Crippen LogP contribution in [-0.2, 0) is 11.2 Å². The molecule has 1 aromatic carbocycles. The molecule has 0 fully saturated rings. The van der Waals surface area contributed by atoms with Gasteiger partial charge < -0.3 is 10.4 Å². The lowest BCUT2D eigenvalue weighted by Crippen LogP contribution is -2.26. The summed E-state index contributed by atoms with van der Waals surface area (Å²) in [5.74, 6) is -0.799. The Morgan fingerprint density at radius 2 is 2.38 bits per heavy atom. The standard InChI is InChI=1S/C9H8BrNO2/c10-6-2-1-5-3-8(9(12)13)11-7(5)4-6/h1-2,4,8,11H,3H2,(H,12,13). The summed E-state index contributed by atoms with van der Waals surface area (Å²) in [6, 6.07) is 5.29. The molecule has 0 bridgehead atoms. The summed E-state index contributed by atoms with van der Waals surface area (Å²) >= 11 is 3.33. The smallest absolute Gasteiger partial charge is 0.326 e. The van der Waals surface area contributed by atoms with Gasteiger partial charge in [-0.05, 0) is 17.7 Å². The van der Waals surface area contributed by atoms with Crippen molar-refractivity contribution in [2.45, 2.75) is 12.5 Å². The zero-order valence-electron chi connectivity index (χ0n) is 6.75. The Labute approximate surface area is 83.9 Å². The lowest BCUT2D eigenvalue weighted by Gasteiger charge is -2.03. The first-order valence-corrected chi connectivity index (χ1v) is 4.74. The highest BCUT2D eigenvalue weighted by atomic mass is 79.9. The van der Waals surface area contributed by atoms with Crippen molar-refractivity contribution >= 4 is 27.6 Å². The van der Waals surface area contributed by atoms with Crippen LogP contribution in [0.25, 0.3) is 0 Å². The van der Waals surface area contributed by atoms with Gasteiger partial charge in [-0.2, -0.15) is 0 Å². The third kappa shape index (κ3) is 1.54. The number of benzene rings is 1. The third-order valence-corrected chi connectivity index (χ3v) is 2.62. The fraction of sp³-hybridized carbons (Fsp3) is 0.222. The van der Waals surface area contributed by atoms with Gasteiger partial charge in [-0.15, -0.1) is 0 Å². The maximum absolute atomic E-state index is 10.7. The summed E-state index contributed by atoms with van der Waals surface area (Å²) in [6.07, 6.45) is 0.567. The van der Waals surface area contributed by atoms with Gasteiger partial charge in [0.1, 0.15) is 6.04 Å². The molecule has 0 aromatic heterocycles. The molecule has 0 saturated heterocycles. The fourth-order valence-corrected chi connectivity index (χ4v) is 1.83. The van der Waals surface area contributed by atoms with Gasteiger partial charge in [-0.3, -0.25) is 0 Å². The predicted octanol–water partition coefficient (Wildman–Crippen LogP) is 1.87. The van der Waals surface area contributed by atoms with Gasteiger partial charge in [0.05, 0.1) is 0 Å². The minimum atomic E-state index is -0.799. The second-order valence-electron chi connectivity index (χ2n) is 3.04. The molecular formula is C9H8BrNO2. The largest absolute Gasteiger partial charge is 0.480 e. The summed E-state index contributed by atoms with van der Waals surface area (Å²) in [4.78, 5) is 10.7. The van der Waals surface area contributed by atoms with E-state index < -0.39 is 12.0 Å². The molecule has 13 heavy (non-hydrogen) atoms. The molecule has 3 nitrogen and oxygen atoms in total. The monoisotopic (exact) mass is 241 g/mol. The number of hydrogen-bond acceptors (Lipinski definition) is 2. The van der Waals surface area contributed by atoms with E-state index in [2.05, 4.69) is 21.2 Å². The van der Waals surface area contributed by atoms with Crippen LogP contribution in [0.3, 0.4) is 0 Å². The Kier molecular flexibility index (Phi) is 2.00. The Hall–Kier alpha value is -1.03. The second kappa shape index (κ2) is 3.03. The van der Waals surface area contributed by atoms with Crippen LogP contribution < -0.4 is 5.32 Å². The Morgan fingerprint density at radius 1 is 1.62 bits per heavy atom. The number of carboxylic acids is 1. The molecule has 1 aliphatic rings. The summed E-state index contributed by atoms with van der Waals surface area (Å²) in [6.45, 7) is 0. The molecule has 68 valence electrons. The second-order valence-corrected chi connectivity index (χ2v) is 3.96. The van der Waals surface area contributed by atoms with Crippen LogP contribution >= 0.6 is 15.9 Å². The Bertz CT molecular complexity index is 365. The van der Waals surface area contributed by atoms with Gasteiger partial charge in [0, 0.05) is 16.6 Å². The Balaban J connectivity index is 2.30. The first-order valence-electron chi connectivity index (χ1n) is 3.94. The minimum Gasteiger partial charge on any atom is -0.480 e. The topological polar surface area (TPSA) is 49.3 Å². The lowest BCUT2D eigenvalue weighted by atomic mass is 10.1. The third-order valence-electron chi connectivity index (χ3n) is 2.12. The fourth-order valence-electron chi connectivity index (χ4n) is 1.47. The molecule has 4 heteroatoms. The van der Waals surface area contributed by atoms with Crippen LogP contribution in [0.15, 0.2) is 22.7 Å². The molecule has 0 aliphatic carbocycles. The van der Waals surface area contributed by atoms with Crippen molar-refractivity contribution in [3.05, 3.63) is 28.2 Å². The van der Waals surface area contributed by atoms with E-state index >= 15 is 0 Å². The van der Waals surface area contributed by atoms with Crippen LogP contribution in [0.4, 0.5) is 5.69 Å². The predicted molar refractivity (Wildman–Crippen MR) is 52.9 cm³/mol. The van der Waals surface area contributed by atoms with E-state index in [0.29, 0.717) is 6.42 Å². The first-order chi connectivity index (χ1) is 6.16. The number of fused-ring (bicyclic) bond motifs is 1. The molecule has 2 rings (SSSR count). The molecule has 1 aromatic rings. The van der Waals surface area contributed by atoms with Crippen molar-refractivity contribution in [2.24, 2.45) is 0 Å². The maximum atomic E-state index is 10.7. The molecule has 0 radical (unpaired) electrons. The minimum absolute atomic E-state index is 0.468. The highest BCUT2D eigenvalue weighted by Gasteiger charge is 2.25. The van der Waals surface area contributed by atoms with Crippen molar-refractivity contribution in [3.8, 4) is 0 Å². The van der Waals surface area contributed by atoms with Crippen molar-refractivity contribution < 1.29 is 9.90 Å². The van der Waals surface area contributed by atoms with Gasteiger partial charge in [-0.1, -0.05) is 22.0 Å². The van der Waals surface area contributed by atoms with Crippen LogP contribution in [0.2, 0.25) is 0 Å².